The van der Waals surface area contributed by atoms with Gasteiger partial charge < -0.3 is 5.32 Å². The second kappa shape index (κ2) is 9.16. The number of halogens is 1. The van der Waals surface area contributed by atoms with E-state index in [-0.39, 0.29) is 15.8 Å². The van der Waals surface area contributed by atoms with Gasteiger partial charge in [-0.1, -0.05) is 11.6 Å². The molecular weight excluding hydrogens is 446 g/mol. The number of aromatic nitrogens is 2. The van der Waals surface area contributed by atoms with E-state index in [9.17, 15) is 13.2 Å². The highest BCUT2D eigenvalue weighted by molar-refractivity contribution is 7.92. The van der Waals surface area contributed by atoms with Crippen molar-refractivity contribution in [2.75, 3.05) is 10.0 Å². The molecule has 1 amide bonds. The lowest BCUT2D eigenvalue weighted by atomic mass is 10.2. The molecule has 0 spiro atoms. The molecule has 0 saturated heterocycles. The molecule has 0 aliphatic heterocycles. The lowest BCUT2D eigenvalue weighted by Gasteiger charge is -2.11. The topological polar surface area (TPSA) is 113 Å². The Morgan fingerprint density at radius 2 is 1.70 bits per heavy atom. The van der Waals surface area contributed by atoms with Gasteiger partial charge in [-0.05, 0) is 67.7 Å². The monoisotopic (exact) mass is 461 g/mol. The van der Waals surface area contributed by atoms with Gasteiger partial charge in [-0.2, -0.15) is 0 Å². The van der Waals surface area contributed by atoms with Crippen molar-refractivity contribution < 1.29 is 13.2 Å². The van der Waals surface area contributed by atoms with Crippen LogP contribution in [-0.4, -0.2) is 29.4 Å². The Morgan fingerprint density at radius 3 is 2.33 bits per heavy atom. The fraction of sp³-hybridized carbons (Fsp3) is 0.0526. The average molecular weight is 462 g/mol. The number of aryl methyl sites for hydroxylation is 1. The van der Waals surface area contributed by atoms with Crippen LogP contribution in [0.2, 0.25) is 5.02 Å². The zero-order chi connectivity index (χ0) is 21.7. The lowest BCUT2D eigenvalue weighted by molar-refractivity contribution is 0.0977. The van der Waals surface area contributed by atoms with Crippen LogP contribution in [0.5, 0.6) is 0 Å². The molecular formula is C19H16ClN5O3S2. The van der Waals surface area contributed by atoms with Crippen LogP contribution in [0.1, 0.15) is 16.1 Å². The third-order valence-electron chi connectivity index (χ3n) is 3.80. The van der Waals surface area contributed by atoms with E-state index in [0.717, 1.165) is 0 Å². The number of sulfonamides is 1. The van der Waals surface area contributed by atoms with Crippen LogP contribution in [0.25, 0.3) is 0 Å². The van der Waals surface area contributed by atoms with Crippen molar-refractivity contribution in [1.82, 2.24) is 15.3 Å². The van der Waals surface area contributed by atoms with Crippen molar-refractivity contribution in [3.63, 3.8) is 0 Å². The number of amides is 1. The zero-order valence-electron chi connectivity index (χ0n) is 15.6. The first-order valence-electron chi connectivity index (χ1n) is 8.52. The molecule has 0 saturated carbocycles. The molecule has 2 aromatic carbocycles. The third kappa shape index (κ3) is 5.72. The van der Waals surface area contributed by atoms with Crippen LogP contribution < -0.4 is 15.4 Å². The van der Waals surface area contributed by atoms with Gasteiger partial charge in [0, 0.05) is 28.0 Å². The van der Waals surface area contributed by atoms with E-state index < -0.39 is 15.9 Å². The molecule has 0 aliphatic rings. The summed E-state index contributed by atoms with van der Waals surface area (Å²) < 4.78 is 27.4. The Bertz CT molecular complexity index is 1180. The van der Waals surface area contributed by atoms with Crippen LogP contribution >= 0.6 is 23.8 Å². The number of benzene rings is 2. The van der Waals surface area contributed by atoms with Gasteiger partial charge >= 0.3 is 0 Å². The standard InChI is InChI=1S/C19H16ClN5O3S2/c1-12-10-17(22-11-21-12)25-30(27,28)16-8-6-15(7-9-16)23-19(29)24-18(26)13-2-4-14(20)5-3-13/h2-11H,1H3,(H,21,22,25)(H2,23,24,26,29). The van der Waals surface area contributed by atoms with Gasteiger partial charge in [-0.15, -0.1) is 0 Å². The highest BCUT2D eigenvalue weighted by Crippen LogP contribution is 2.17. The smallest absolute Gasteiger partial charge is 0.263 e. The summed E-state index contributed by atoms with van der Waals surface area (Å²) in [5.41, 5.74) is 1.54. The maximum absolute atomic E-state index is 12.5. The second-order valence-electron chi connectivity index (χ2n) is 6.09. The minimum atomic E-state index is -3.82. The predicted molar refractivity (Wildman–Crippen MR) is 119 cm³/mol. The molecule has 0 bridgehead atoms. The number of anilines is 2. The average Bonchev–Trinajstić information content (AvgIpc) is 2.68. The summed E-state index contributed by atoms with van der Waals surface area (Å²) in [4.78, 5) is 20.0. The largest absolute Gasteiger partial charge is 0.332 e. The molecule has 11 heteroatoms. The van der Waals surface area contributed by atoms with Crippen molar-refractivity contribution in [3.05, 3.63) is 77.2 Å². The summed E-state index contributed by atoms with van der Waals surface area (Å²) in [6.45, 7) is 1.73. The fourth-order valence-electron chi connectivity index (χ4n) is 2.36. The first-order chi connectivity index (χ1) is 14.2. The van der Waals surface area contributed by atoms with E-state index >= 15 is 0 Å². The summed E-state index contributed by atoms with van der Waals surface area (Å²) in [7, 11) is -3.82. The number of nitrogens with zero attached hydrogens (tertiary/aromatic N) is 2. The number of hydrogen-bond acceptors (Lipinski definition) is 6. The lowest BCUT2D eigenvalue weighted by Crippen LogP contribution is -2.34. The Balaban J connectivity index is 1.62. The molecule has 3 aromatic rings. The normalized spacial score (nSPS) is 10.9. The summed E-state index contributed by atoms with van der Waals surface area (Å²) in [6, 6.07) is 13.7. The molecule has 0 atom stereocenters. The van der Waals surface area contributed by atoms with Crippen molar-refractivity contribution in [1.29, 1.82) is 0 Å². The Kier molecular flexibility index (Phi) is 6.60. The molecule has 0 fully saturated rings. The predicted octanol–water partition coefficient (Wildman–Crippen LogP) is 3.37. The van der Waals surface area contributed by atoms with Crippen molar-refractivity contribution in [3.8, 4) is 0 Å². The highest BCUT2D eigenvalue weighted by Gasteiger charge is 2.15. The molecule has 3 rings (SSSR count). The van der Waals surface area contributed by atoms with Gasteiger partial charge in [0.05, 0.1) is 4.90 Å². The molecule has 8 nitrogen and oxygen atoms in total. The first-order valence-corrected chi connectivity index (χ1v) is 10.8. The SMILES string of the molecule is Cc1cc(NS(=O)(=O)c2ccc(NC(=S)NC(=O)c3ccc(Cl)cc3)cc2)ncn1. The van der Waals surface area contributed by atoms with Crippen LogP contribution in [0.15, 0.2) is 65.8 Å². The van der Waals surface area contributed by atoms with E-state index in [0.29, 0.717) is 22.0 Å². The van der Waals surface area contributed by atoms with E-state index in [4.69, 9.17) is 23.8 Å². The van der Waals surface area contributed by atoms with Gasteiger partial charge in [-0.25, -0.2) is 18.4 Å². The van der Waals surface area contributed by atoms with Gasteiger partial charge in [0.2, 0.25) is 0 Å². The molecule has 0 unspecified atom stereocenters. The number of rotatable bonds is 5. The number of hydrogen-bond donors (Lipinski definition) is 3. The van der Waals surface area contributed by atoms with Gasteiger partial charge in [0.15, 0.2) is 5.11 Å². The first kappa shape index (κ1) is 21.6. The maximum atomic E-state index is 12.5. The maximum Gasteiger partial charge on any atom is 0.263 e. The molecule has 3 N–H and O–H groups in total. The van der Waals surface area contributed by atoms with Gasteiger partial charge in [0.25, 0.3) is 15.9 Å². The van der Waals surface area contributed by atoms with E-state index in [1.807, 2.05) is 0 Å². The summed E-state index contributed by atoms with van der Waals surface area (Å²) in [6.07, 6.45) is 1.28. The summed E-state index contributed by atoms with van der Waals surface area (Å²) in [5, 5.41) is 5.96. The molecule has 1 aromatic heterocycles. The molecule has 0 aliphatic carbocycles. The fourth-order valence-corrected chi connectivity index (χ4v) is 3.70. The Morgan fingerprint density at radius 1 is 1.03 bits per heavy atom. The van der Waals surface area contributed by atoms with Gasteiger partial charge in [0.1, 0.15) is 12.1 Å². The molecule has 1 heterocycles. The minimum Gasteiger partial charge on any atom is -0.332 e. The van der Waals surface area contributed by atoms with Crippen LogP contribution in [0.4, 0.5) is 11.5 Å². The number of carbonyl (C=O) groups excluding carboxylic acids is 1. The summed E-state index contributed by atoms with van der Waals surface area (Å²) >= 11 is 10.9. The van der Waals surface area contributed by atoms with Crippen LogP contribution in [-0.2, 0) is 10.0 Å². The van der Waals surface area contributed by atoms with Crippen molar-refractivity contribution in [2.24, 2.45) is 0 Å². The van der Waals surface area contributed by atoms with Gasteiger partial charge in [-0.3, -0.25) is 14.8 Å². The van der Waals surface area contributed by atoms with E-state index in [1.54, 1.807) is 31.2 Å². The molecule has 0 radical (unpaired) electrons. The van der Waals surface area contributed by atoms with Crippen molar-refractivity contribution >= 4 is 56.4 Å². The second-order valence-corrected chi connectivity index (χ2v) is 8.62. The molecule has 30 heavy (non-hydrogen) atoms. The summed E-state index contributed by atoms with van der Waals surface area (Å²) in [5.74, 6) is -0.219. The number of carbonyl (C=O) groups is 1. The Labute approximate surface area is 183 Å². The Hall–Kier alpha value is -3.08. The van der Waals surface area contributed by atoms with E-state index in [1.165, 1.54) is 36.7 Å². The minimum absolute atomic E-state index is 0.0421. The number of nitrogens with one attached hydrogen (secondary N) is 3. The van der Waals surface area contributed by atoms with E-state index in [2.05, 4.69) is 25.3 Å². The van der Waals surface area contributed by atoms with Crippen LogP contribution in [0, 0.1) is 6.92 Å². The highest BCUT2D eigenvalue weighted by atomic mass is 35.5. The number of thiocarbonyl (C=S) groups is 1. The van der Waals surface area contributed by atoms with Crippen LogP contribution in [0.3, 0.4) is 0 Å². The molecule has 154 valence electrons. The third-order valence-corrected chi connectivity index (χ3v) is 5.63. The zero-order valence-corrected chi connectivity index (χ0v) is 18.0. The van der Waals surface area contributed by atoms with Crippen molar-refractivity contribution in [2.45, 2.75) is 11.8 Å². The quantitative estimate of drug-likeness (QED) is 0.499.